The molecule has 3 aromatic carbocycles. The molecule has 0 aliphatic heterocycles. The van der Waals surface area contributed by atoms with Gasteiger partial charge in [0.05, 0.1) is 16.8 Å². The number of pyridine rings is 1. The average molecular weight is 424 g/mol. The number of fused-ring (bicyclic) bond motifs is 1. The van der Waals surface area contributed by atoms with Gasteiger partial charge in [0.15, 0.2) is 5.82 Å². The number of carbonyl (C=O) groups is 1. The number of aryl methyl sites for hydroxylation is 1. The molecule has 0 unspecified atom stereocenters. The third kappa shape index (κ3) is 3.58. The molecular formula is C24H17FN6O. The van der Waals surface area contributed by atoms with Crippen LogP contribution < -0.4 is 5.32 Å². The number of hydrogen-bond donors (Lipinski definition) is 1. The number of tetrazole rings is 1. The zero-order chi connectivity index (χ0) is 22.1. The number of amides is 1. The number of nitrogens with one attached hydrogen (secondary N) is 1. The van der Waals surface area contributed by atoms with Gasteiger partial charge in [0, 0.05) is 16.6 Å². The average Bonchev–Trinajstić information content (AvgIpc) is 3.25. The molecule has 0 bridgehead atoms. The van der Waals surface area contributed by atoms with Crippen molar-refractivity contribution in [2.75, 3.05) is 5.32 Å². The summed E-state index contributed by atoms with van der Waals surface area (Å²) in [5.74, 6) is -0.397. The molecule has 2 heterocycles. The van der Waals surface area contributed by atoms with Gasteiger partial charge in [-0.2, -0.15) is 4.68 Å². The summed E-state index contributed by atoms with van der Waals surface area (Å²) in [5.41, 5.74) is 3.35. The number of nitrogens with zero attached hydrogens (tertiary/aromatic N) is 5. The quantitative estimate of drug-likeness (QED) is 0.457. The molecule has 5 aromatic rings. The van der Waals surface area contributed by atoms with E-state index < -0.39 is 5.82 Å². The Bertz CT molecular complexity index is 1450. The molecular weight excluding hydrogens is 407 g/mol. The maximum atomic E-state index is 14.4. The highest BCUT2D eigenvalue weighted by Crippen LogP contribution is 2.26. The van der Waals surface area contributed by atoms with Crippen LogP contribution in [0.1, 0.15) is 16.2 Å². The van der Waals surface area contributed by atoms with Gasteiger partial charge >= 0.3 is 0 Å². The van der Waals surface area contributed by atoms with E-state index in [0.29, 0.717) is 28.3 Å². The van der Waals surface area contributed by atoms with E-state index in [4.69, 9.17) is 4.98 Å². The molecule has 0 fully saturated rings. The monoisotopic (exact) mass is 424 g/mol. The molecule has 156 valence electrons. The maximum Gasteiger partial charge on any atom is 0.256 e. The molecule has 8 heteroatoms. The van der Waals surface area contributed by atoms with Crippen LogP contribution in [0.5, 0.6) is 0 Å². The lowest BCUT2D eigenvalue weighted by molar-refractivity contribution is 0.102. The summed E-state index contributed by atoms with van der Waals surface area (Å²) in [5, 5.41) is 14.7. The fourth-order valence-corrected chi connectivity index (χ4v) is 3.53. The predicted molar refractivity (Wildman–Crippen MR) is 119 cm³/mol. The first-order valence-electron chi connectivity index (χ1n) is 9.91. The van der Waals surface area contributed by atoms with E-state index in [1.54, 1.807) is 13.0 Å². The second-order valence-corrected chi connectivity index (χ2v) is 7.20. The van der Waals surface area contributed by atoms with Gasteiger partial charge in [-0.05, 0) is 47.7 Å². The van der Waals surface area contributed by atoms with Crippen LogP contribution in [0.3, 0.4) is 0 Å². The molecule has 0 aliphatic carbocycles. The zero-order valence-corrected chi connectivity index (χ0v) is 17.0. The highest BCUT2D eigenvalue weighted by atomic mass is 19.1. The first-order valence-corrected chi connectivity index (χ1v) is 9.91. The van der Waals surface area contributed by atoms with E-state index in [9.17, 15) is 9.18 Å². The van der Waals surface area contributed by atoms with E-state index in [0.717, 1.165) is 10.9 Å². The summed E-state index contributed by atoms with van der Waals surface area (Å²) >= 11 is 0. The fourth-order valence-electron chi connectivity index (χ4n) is 3.53. The molecule has 32 heavy (non-hydrogen) atoms. The van der Waals surface area contributed by atoms with Crippen LogP contribution in [0, 0.1) is 12.7 Å². The van der Waals surface area contributed by atoms with Crippen LogP contribution in [-0.4, -0.2) is 31.1 Å². The minimum Gasteiger partial charge on any atom is -0.322 e. The molecule has 7 nitrogen and oxygen atoms in total. The normalized spacial score (nSPS) is 10.9. The van der Waals surface area contributed by atoms with Gasteiger partial charge in [-0.25, -0.2) is 9.37 Å². The lowest BCUT2D eigenvalue weighted by atomic mass is 10.0. The largest absolute Gasteiger partial charge is 0.322 e. The zero-order valence-electron chi connectivity index (χ0n) is 17.0. The van der Waals surface area contributed by atoms with Gasteiger partial charge in [-0.1, -0.05) is 48.5 Å². The number of benzene rings is 3. The Balaban J connectivity index is 1.55. The van der Waals surface area contributed by atoms with Gasteiger partial charge in [0.25, 0.3) is 5.91 Å². The van der Waals surface area contributed by atoms with Crippen molar-refractivity contribution >= 4 is 22.5 Å². The molecule has 0 radical (unpaired) electrons. The van der Waals surface area contributed by atoms with Gasteiger partial charge in [0.1, 0.15) is 11.5 Å². The van der Waals surface area contributed by atoms with Crippen molar-refractivity contribution in [2.45, 2.75) is 6.92 Å². The van der Waals surface area contributed by atoms with Crippen LogP contribution in [0.2, 0.25) is 0 Å². The van der Waals surface area contributed by atoms with Gasteiger partial charge in [-0.15, -0.1) is 5.10 Å². The van der Waals surface area contributed by atoms with Crippen molar-refractivity contribution in [3.63, 3.8) is 0 Å². The van der Waals surface area contributed by atoms with E-state index >= 15 is 0 Å². The molecule has 0 saturated heterocycles. The Morgan fingerprint density at radius 1 is 0.969 bits per heavy atom. The minimum atomic E-state index is -0.501. The number of rotatable bonds is 4. The van der Waals surface area contributed by atoms with Gasteiger partial charge in [0.2, 0.25) is 0 Å². The summed E-state index contributed by atoms with van der Waals surface area (Å²) in [6.45, 7) is 1.67. The summed E-state index contributed by atoms with van der Waals surface area (Å²) in [6, 6.07) is 23.2. The van der Waals surface area contributed by atoms with Crippen molar-refractivity contribution in [1.82, 2.24) is 25.2 Å². The molecule has 1 N–H and O–H groups in total. The fraction of sp³-hybridized carbons (Fsp3) is 0.0417. The molecule has 1 amide bonds. The number of anilines is 1. The molecule has 0 aliphatic rings. The van der Waals surface area contributed by atoms with E-state index in [-0.39, 0.29) is 11.6 Å². The Morgan fingerprint density at radius 2 is 1.75 bits per heavy atom. The Kier molecular flexibility index (Phi) is 4.87. The van der Waals surface area contributed by atoms with Crippen LogP contribution >= 0.6 is 0 Å². The second-order valence-electron chi connectivity index (χ2n) is 7.20. The third-order valence-corrected chi connectivity index (χ3v) is 5.09. The number of halogens is 1. The van der Waals surface area contributed by atoms with Crippen molar-refractivity contribution in [2.24, 2.45) is 0 Å². The highest BCUT2D eigenvalue weighted by molar-refractivity contribution is 6.13. The number of carbonyl (C=O) groups excluding carboxylic acids is 1. The van der Waals surface area contributed by atoms with Crippen molar-refractivity contribution in [3.05, 3.63) is 96.1 Å². The molecule has 0 saturated carbocycles. The molecule has 5 rings (SSSR count). The van der Waals surface area contributed by atoms with Crippen molar-refractivity contribution in [1.29, 1.82) is 0 Å². The first kappa shape index (κ1) is 19.5. The van der Waals surface area contributed by atoms with Gasteiger partial charge < -0.3 is 5.32 Å². The summed E-state index contributed by atoms with van der Waals surface area (Å²) in [7, 11) is 0. The lowest BCUT2D eigenvalue weighted by Crippen LogP contribution is -2.14. The van der Waals surface area contributed by atoms with E-state index in [1.807, 2.05) is 54.6 Å². The SMILES string of the molecule is Cc1nnnn1-c1cc(NC(=O)c2cc(-c3ccccc3)nc3ccccc23)ccc1F. The summed E-state index contributed by atoms with van der Waals surface area (Å²) in [6.07, 6.45) is 0. The Morgan fingerprint density at radius 3 is 2.53 bits per heavy atom. The molecule has 2 aromatic heterocycles. The topological polar surface area (TPSA) is 85.6 Å². The van der Waals surface area contributed by atoms with E-state index in [2.05, 4.69) is 20.8 Å². The minimum absolute atomic E-state index is 0.148. The smallest absolute Gasteiger partial charge is 0.256 e. The maximum absolute atomic E-state index is 14.4. The molecule has 0 spiro atoms. The Hall–Kier alpha value is -4.46. The molecule has 0 atom stereocenters. The lowest BCUT2D eigenvalue weighted by Gasteiger charge is -2.12. The second kappa shape index (κ2) is 7.99. The summed E-state index contributed by atoms with van der Waals surface area (Å²) < 4.78 is 15.7. The van der Waals surface area contributed by atoms with Crippen LogP contribution in [0.25, 0.3) is 27.8 Å². The Labute approximate surface area is 182 Å². The van der Waals surface area contributed by atoms with Crippen molar-refractivity contribution < 1.29 is 9.18 Å². The van der Waals surface area contributed by atoms with Gasteiger partial charge in [-0.3, -0.25) is 4.79 Å². The third-order valence-electron chi connectivity index (χ3n) is 5.09. The first-order chi connectivity index (χ1) is 15.6. The number of hydrogen-bond acceptors (Lipinski definition) is 5. The van der Waals surface area contributed by atoms with Crippen LogP contribution in [-0.2, 0) is 0 Å². The van der Waals surface area contributed by atoms with Crippen LogP contribution in [0.15, 0.2) is 78.9 Å². The van der Waals surface area contributed by atoms with E-state index in [1.165, 1.54) is 22.9 Å². The van der Waals surface area contributed by atoms with Crippen molar-refractivity contribution in [3.8, 4) is 16.9 Å². The van der Waals surface area contributed by atoms with Crippen LogP contribution in [0.4, 0.5) is 10.1 Å². The highest BCUT2D eigenvalue weighted by Gasteiger charge is 2.16. The standard InChI is InChI=1S/C24H17FN6O/c1-15-28-29-30-31(15)23-13-17(11-12-20(23)25)26-24(32)19-14-22(16-7-3-2-4-8-16)27-21-10-6-5-9-18(19)21/h2-14H,1H3,(H,26,32). The predicted octanol–water partition coefficient (Wildman–Crippen LogP) is 4.58. The summed E-state index contributed by atoms with van der Waals surface area (Å²) in [4.78, 5) is 18.0. The number of para-hydroxylation sites is 1. The number of aromatic nitrogens is 5.